The maximum absolute atomic E-state index is 4.84. The molecule has 0 saturated heterocycles. The summed E-state index contributed by atoms with van der Waals surface area (Å²) in [4.78, 5) is 4.84. The molecule has 1 aromatic carbocycles. The van der Waals surface area contributed by atoms with E-state index in [-0.39, 0.29) is 24.0 Å². The summed E-state index contributed by atoms with van der Waals surface area (Å²) in [7, 11) is 1.97. The first kappa shape index (κ1) is 24.8. The van der Waals surface area contributed by atoms with Crippen LogP contribution in [0.4, 0.5) is 0 Å². The van der Waals surface area contributed by atoms with E-state index in [1.165, 1.54) is 0 Å². The van der Waals surface area contributed by atoms with Crippen molar-refractivity contribution in [2.75, 3.05) is 6.54 Å². The minimum Gasteiger partial charge on any atom is -0.356 e. The van der Waals surface area contributed by atoms with Gasteiger partial charge in [-0.1, -0.05) is 31.5 Å². The molecule has 3 aromatic rings. The number of nitrogens with zero attached hydrogens (tertiary/aromatic N) is 6. The summed E-state index contributed by atoms with van der Waals surface area (Å²) in [6.45, 7) is 10.2. The van der Waals surface area contributed by atoms with Crippen LogP contribution in [-0.2, 0) is 20.1 Å². The Morgan fingerprint density at radius 3 is 2.52 bits per heavy atom. The van der Waals surface area contributed by atoms with E-state index >= 15 is 0 Å². The van der Waals surface area contributed by atoms with E-state index in [1.807, 2.05) is 42.3 Å². The number of aryl methyl sites for hydroxylation is 3. The van der Waals surface area contributed by atoms with Gasteiger partial charge in [0.2, 0.25) is 0 Å². The van der Waals surface area contributed by atoms with Crippen LogP contribution >= 0.6 is 24.0 Å². The molecule has 0 aliphatic rings. The number of aliphatic imine (C=N–C) groups is 1. The van der Waals surface area contributed by atoms with Crippen molar-refractivity contribution in [3.63, 3.8) is 0 Å². The average Bonchev–Trinajstić information content (AvgIpc) is 3.24. The number of nitrogens with one attached hydrogen (secondary N) is 2. The molecule has 8 nitrogen and oxygen atoms in total. The predicted molar refractivity (Wildman–Crippen MR) is 135 cm³/mol. The SMILES string of the molecule is CCCCNC(=NCc1ccccc1-n1nc(C)cc1C)NCc1nnc(C)n1C.I. The van der Waals surface area contributed by atoms with Crippen LogP contribution in [0, 0.1) is 20.8 Å². The highest BCUT2D eigenvalue weighted by Gasteiger charge is 2.10. The minimum absolute atomic E-state index is 0. The number of hydrogen-bond acceptors (Lipinski definition) is 4. The molecule has 31 heavy (non-hydrogen) atoms. The zero-order valence-electron chi connectivity index (χ0n) is 19.0. The second kappa shape index (κ2) is 11.8. The van der Waals surface area contributed by atoms with Crippen LogP contribution in [0.15, 0.2) is 35.3 Å². The lowest BCUT2D eigenvalue weighted by Gasteiger charge is -2.14. The minimum atomic E-state index is 0. The second-order valence-corrected chi connectivity index (χ2v) is 7.49. The van der Waals surface area contributed by atoms with Crippen LogP contribution in [0.25, 0.3) is 5.69 Å². The molecule has 0 amide bonds. The quantitative estimate of drug-likeness (QED) is 0.199. The highest BCUT2D eigenvalue weighted by atomic mass is 127. The number of para-hydroxylation sites is 1. The fourth-order valence-electron chi connectivity index (χ4n) is 3.21. The molecule has 2 aromatic heterocycles. The van der Waals surface area contributed by atoms with E-state index in [9.17, 15) is 0 Å². The van der Waals surface area contributed by atoms with Crippen molar-refractivity contribution in [2.45, 2.75) is 53.6 Å². The van der Waals surface area contributed by atoms with Gasteiger partial charge in [-0.2, -0.15) is 5.10 Å². The Hall–Kier alpha value is -2.43. The third-order valence-corrected chi connectivity index (χ3v) is 5.06. The van der Waals surface area contributed by atoms with Crippen LogP contribution in [0.1, 0.15) is 48.4 Å². The molecule has 2 N–H and O–H groups in total. The Morgan fingerprint density at radius 1 is 1.10 bits per heavy atom. The monoisotopic (exact) mass is 536 g/mol. The number of unbranched alkanes of at least 4 members (excludes halogenated alkanes) is 1. The van der Waals surface area contributed by atoms with Gasteiger partial charge in [-0.3, -0.25) is 0 Å². The van der Waals surface area contributed by atoms with E-state index < -0.39 is 0 Å². The first-order valence-corrected chi connectivity index (χ1v) is 10.5. The van der Waals surface area contributed by atoms with Crippen LogP contribution in [0.5, 0.6) is 0 Å². The number of aromatic nitrogens is 5. The van der Waals surface area contributed by atoms with Gasteiger partial charge >= 0.3 is 0 Å². The van der Waals surface area contributed by atoms with Crippen molar-refractivity contribution in [1.82, 2.24) is 35.2 Å². The van der Waals surface area contributed by atoms with Gasteiger partial charge in [-0.25, -0.2) is 9.67 Å². The topological polar surface area (TPSA) is 84.9 Å². The highest BCUT2D eigenvalue weighted by molar-refractivity contribution is 14.0. The summed E-state index contributed by atoms with van der Waals surface area (Å²) in [5, 5.41) is 19.8. The summed E-state index contributed by atoms with van der Waals surface area (Å²) < 4.78 is 3.97. The van der Waals surface area contributed by atoms with Gasteiger partial charge in [0.15, 0.2) is 11.8 Å². The predicted octanol–water partition coefficient (Wildman–Crippen LogP) is 3.58. The molecule has 0 aliphatic carbocycles. The van der Waals surface area contributed by atoms with Gasteiger partial charge in [-0.15, -0.1) is 34.2 Å². The Kier molecular flexibility index (Phi) is 9.47. The molecule has 0 radical (unpaired) electrons. The van der Waals surface area contributed by atoms with Gasteiger partial charge in [0.25, 0.3) is 0 Å². The summed E-state index contributed by atoms with van der Waals surface area (Å²) in [6, 6.07) is 10.4. The van der Waals surface area contributed by atoms with E-state index in [1.54, 1.807) is 0 Å². The summed E-state index contributed by atoms with van der Waals surface area (Å²) in [5.41, 5.74) is 4.30. The molecule has 0 fully saturated rings. The lowest BCUT2D eigenvalue weighted by atomic mass is 10.2. The summed E-state index contributed by atoms with van der Waals surface area (Å²) in [5.74, 6) is 2.54. The van der Waals surface area contributed by atoms with Gasteiger partial charge in [0.1, 0.15) is 5.82 Å². The van der Waals surface area contributed by atoms with Gasteiger partial charge in [-0.05, 0) is 44.9 Å². The molecule has 0 aliphatic heterocycles. The zero-order chi connectivity index (χ0) is 21.5. The van der Waals surface area contributed by atoms with Crippen molar-refractivity contribution in [3.05, 3.63) is 58.9 Å². The van der Waals surface area contributed by atoms with Crippen molar-refractivity contribution < 1.29 is 0 Å². The number of benzene rings is 1. The van der Waals surface area contributed by atoms with Crippen molar-refractivity contribution in [2.24, 2.45) is 12.0 Å². The Labute approximate surface area is 201 Å². The average molecular weight is 536 g/mol. The number of halogens is 1. The third kappa shape index (κ3) is 6.52. The molecule has 0 spiro atoms. The fourth-order valence-corrected chi connectivity index (χ4v) is 3.21. The maximum Gasteiger partial charge on any atom is 0.191 e. The van der Waals surface area contributed by atoms with Crippen LogP contribution in [-0.4, -0.2) is 37.0 Å². The molecule has 2 heterocycles. The molecular formula is C22H33IN8. The first-order valence-electron chi connectivity index (χ1n) is 10.5. The van der Waals surface area contributed by atoms with Gasteiger partial charge in [0, 0.05) is 19.3 Å². The molecule has 3 rings (SSSR count). The third-order valence-electron chi connectivity index (χ3n) is 5.06. The van der Waals surface area contributed by atoms with Crippen LogP contribution in [0.2, 0.25) is 0 Å². The summed E-state index contributed by atoms with van der Waals surface area (Å²) >= 11 is 0. The lowest BCUT2D eigenvalue weighted by Crippen LogP contribution is -2.38. The number of hydrogen-bond donors (Lipinski definition) is 2. The molecule has 0 saturated carbocycles. The van der Waals surface area contributed by atoms with Crippen molar-refractivity contribution >= 4 is 29.9 Å². The molecule has 168 valence electrons. The Bertz CT molecular complexity index is 1000. The second-order valence-electron chi connectivity index (χ2n) is 7.49. The standard InChI is InChI=1S/C22H32N8.HI/c1-6-7-12-23-22(25-15-21-27-26-18(4)29(21)5)24-14-19-10-8-9-11-20(19)30-17(3)13-16(2)28-30;/h8-11,13H,6-7,12,14-15H2,1-5H3,(H2,23,24,25);1H. The number of guanidine groups is 1. The van der Waals surface area contributed by atoms with E-state index in [2.05, 4.69) is 58.0 Å². The molecular weight excluding hydrogens is 503 g/mol. The Morgan fingerprint density at radius 2 is 1.87 bits per heavy atom. The maximum atomic E-state index is 4.84. The Balaban J connectivity index is 0.00000341. The summed E-state index contributed by atoms with van der Waals surface area (Å²) in [6.07, 6.45) is 2.22. The number of rotatable bonds is 8. The molecule has 0 unspecified atom stereocenters. The van der Waals surface area contributed by atoms with Crippen molar-refractivity contribution in [3.8, 4) is 5.69 Å². The molecule has 9 heteroatoms. The smallest absolute Gasteiger partial charge is 0.191 e. The first-order chi connectivity index (χ1) is 14.5. The van der Waals surface area contributed by atoms with Crippen molar-refractivity contribution in [1.29, 1.82) is 0 Å². The fraction of sp³-hybridized carbons (Fsp3) is 0.455. The van der Waals surface area contributed by atoms with Crippen LogP contribution < -0.4 is 10.6 Å². The van der Waals surface area contributed by atoms with E-state index in [0.717, 1.165) is 59.6 Å². The van der Waals surface area contributed by atoms with E-state index in [0.29, 0.717) is 13.1 Å². The molecule has 0 atom stereocenters. The van der Waals surface area contributed by atoms with Gasteiger partial charge in [0.05, 0.1) is 24.5 Å². The molecule has 0 bridgehead atoms. The van der Waals surface area contributed by atoms with E-state index in [4.69, 9.17) is 4.99 Å². The zero-order valence-corrected chi connectivity index (χ0v) is 21.3. The normalized spacial score (nSPS) is 11.3. The largest absolute Gasteiger partial charge is 0.356 e. The highest BCUT2D eigenvalue weighted by Crippen LogP contribution is 2.17. The van der Waals surface area contributed by atoms with Gasteiger partial charge < -0.3 is 15.2 Å². The lowest BCUT2D eigenvalue weighted by molar-refractivity contribution is 0.695. The van der Waals surface area contributed by atoms with Crippen LogP contribution in [0.3, 0.4) is 0 Å².